The van der Waals surface area contributed by atoms with Crippen molar-refractivity contribution in [3.63, 3.8) is 0 Å². The molecule has 4 unspecified atom stereocenters. The quantitative estimate of drug-likeness (QED) is 0.172. The molecule has 0 amide bonds. The van der Waals surface area contributed by atoms with Gasteiger partial charge in [0.2, 0.25) is 0 Å². The zero-order valence-corrected chi connectivity index (χ0v) is 38.0. The van der Waals surface area contributed by atoms with Crippen molar-refractivity contribution in [3.8, 4) is 0 Å². The van der Waals surface area contributed by atoms with Gasteiger partial charge in [0.25, 0.3) is 0 Å². The van der Waals surface area contributed by atoms with Gasteiger partial charge in [0, 0.05) is 39.5 Å². The zero-order chi connectivity index (χ0) is 41.4. The van der Waals surface area contributed by atoms with E-state index >= 15 is 0 Å². The van der Waals surface area contributed by atoms with E-state index in [0.717, 1.165) is 32.1 Å². The average Bonchev–Trinajstić information content (AvgIpc) is 3.91. The van der Waals surface area contributed by atoms with E-state index in [0.29, 0.717) is 35.6 Å². The van der Waals surface area contributed by atoms with Crippen molar-refractivity contribution in [3.05, 3.63) is 145 Å². The maximum atomic E-state index is 2.88. The Morgan fingerprint density at radius 3 is 2.31 bits per heavy atom. The van der Waals surface area contributed by atoms with Crippen LogP contribution in [0.4, 0.5) is 11.4 Å². The van der Waals surface area contributed by atoms with Crippen LogP contribution in [0.3, 0.4) is 0 Å². The second-order valence-corrected chi connectivity index (χ2v) is 20.9. The molecule has 2 heteroatoms. The third kappa shape index (κ3) is 5.93. The van der Waals surface area contributed by atoms with Crippen LogP contribution in [0.15, 0.2) is 112 Å². The molecular formula is C57H66N2. The third-order valence-corrected chi connectivity index (χ3v) is 15.3. The highest BCUT2D eigenvalue weighted by Crippen LogP contribution is 2.62. The number of nitrogens with zero attached hydrogens (tertiary/aromatic N) is 2. The predicted octanol–water partition coefficient (Wildman–Crippen LogP) is 14.5. The first-order chi connectivity index (χ1) is 28.1. The Bertz CT molecular complexity index is 2710. The van der Waals surface area contributed by atoms with Gasteiger partial charge in [-0.15, -0.1) is 0 Å². The Morgan fingerprint density at radius 2 is 1.61 bits per heavy atom. The van der Waals surface area contributed by atoms with Crippen LogP contribution in [0.1, 0.15) is 135 Å². The van der Waals surface area contributed by atoms with Gasteiger partial charge in [-0.1, -0.05) is 114 Å². The first kappa shape index (κ1) is 38.6. The molecule has 0 bridgehead atoms. The lowest BCUT2D eigenvalue weighted by molar-refractivity contribution is 0.468. The van der Waals surface area contributed by atoms with Crippen LogP contribution < -0.4 is 15.0 Å². The molecular weight excluding hydrogens is 713 g/mol. The number of hydrogen-bond acceptors (Lipinski definition) is 2. The molecule has 0 aromatic heterocycles. The summed E-state index contributed by atoms with van der Waals surface area (Å²) < 4.78 is 0. The molecule has 6 aliphatic carbocycles. The number of aryl methyl sites for hydroxylation is 3. The molecule has 304 valence electrons. The highest BCUT2D eigenvalue weighted by Gasteiger charge is 2.49. The number of para-hydroxylation sites is 1. The summed E-state index contributed by atoms with van der Waals surface area (Å²) in [5, 5.41) is 7.47. The average molecular weight is 779 g/mol. The van der Waals surface area contributed by atoms with Gasteiger partial charge in [0.05, 0.1) is 17.4 Å². The molecule has 6 aliphatic rings. The molecule has 0 radical (unpaired) electrons. The molecule has 0 saturated carbocycles. The predicted molar refractivity (Wildman–Crippen MR) is 254 cm³/mol. The van der Waals surface area contributed by atoms with Gasteiger partial charge in [0.15, 0.2) is 0 Å². The zero-order valence-electron chi connectivity index (χ0n) is 38.0. The van der Waals surface area contributed by atoms with E-state index in [9.17, 15) is 0 Å². The number of hydrogen-bond donors (Lipinski definition) is 0. The van der Waals surface area contributed by atoms with Crippen molar-refractivity contribution in [1.29, 1.82) is 0 Å². The van der Waals surface area contributed by atoms with E-state index in [1.807, 2.05) is 0 Å². The Labute approximate surface area is 354 Å². The number of fused-ring (bicyclic) bond motifs is 2. The molecule has 10 rings (SSSR count). The minimum Gasteiger partial charge on any atom is -0.333 e. The highest BCUT2D eigenvalue weighted by molar-refractivity contribution is 6.21. The van der Waals surface area contributed by atoms with Crippen molar-refractivity contribution < 1.29 is 0 Å². The smallest absolute Gasteiger partial charge is 0.0538 e. The number of anilines is 2. The summed E-state index contributed by atoms with van der Waals surface area (Å²) in [6, 6.07) is 17.8. The van der Waals surface area contributed by atoms with Gasteiger partial charge in [-0.2, -0.15) is 0 Å². The van der Waals surface area contributed by atoms with Gasteiger partial charge >= 0.3 is 0 Å². The molecule has 0 fully saturated rings. The van der Waals surface area contributed by atoms with Crippen LogP contribution in [-0.2, 0) is 11.8 Å². The van der Waals surface area contributed by atoms with E-state index in [2.05, 4.69) is 166 Å². The summed E-state index contributed by atoms with van der Waals surface area (Å²) in [6.45, 7) is 29.0. The second kappa shape index (κ2) is 13.7. The van der Waals surface area contributed by atoms with Gasteiger partial charge < -0.3 is 9.80 Å². The minimum atomic E-state index is 0.0624. The number of benzene rings is 4. The molecule has 0 N–H and O–H groups in total. The molecule has 59 heavy (non-hydrogen) atoms. The molecule has 0 spiro atoms. The van der Waals surface area contributed by atoms with Crippen molar-refractivity contribution in [2.45, 2.75) is 139 Å². The summed E-state index contributed by atoms with van der Waals surface area (Å²) >= 11 is 0. The fourth-order valence-electron chi connectivity index (χ4n) is 12.8. The van der Waals surface area contributed by atoms with Gasteiger partial charge in [-0.05, 0) is 175 Å². The molecule has 5 atom stereocenters. The Balaban J connectivity index is 1.38. The maximum absolute atomic E-state index is 2.88. The molecule has 0 saturated heterocycles. The normalized spacial score (nSPS) is 25.7. The van der Waals surface area contributed by atoms with E-state index in [1.54, 1.807) is 27.7 Å². The lowest BCUT2D eigenvalue weighted by Gasteiger charge is -2.42. The fraction of sp³-hybridized carbons (Fsp3) is 0.439. The largest absolute Gasteiger partial charge is 0.333 e. The number of allylic oxidation sites excluding steroid dienone is 10. The Hall–Kier alpha value is -4.56. The third-order valence-electron chi connectivity index (χ3n) is 15.3. The van der Waals surface area contributed by atoms with Crippen LogP contribution in [0.5, 0.6) is 0 Å². The summed E-state index contributed by atoms with van der Waals surface area (Å²) in [5.74, 6) is 2.43. The van der Waals surface area contributed by atoms with Crippen molar-refractivity contribution >= 4 is 38.6 Å². The van der Waals surface area contributed by atoms with Gasteiger partial charge in [-0.25, -0.2) is 0 Å². The monoisotopic (exact) mass is 779 g/mol. The first-order valence-electron chi connectivity index (χ1n) is 23.1. The van der Waals surface area contributed by atoms with E-state index in [-0.39, 0.29) is 5.41 Å². The molecule has 0 heterocycles. The summed E-state index contributed by atoms with van der Waals surface area (Å²) in [6.07, 6.45) is 19.1. The highest BCUT2D eigenvalue weighted by atomic mass is 15.2. The first-order valence-corrected chi connectivity index (χ1v) is 23.1. The van der Waals surface area contributed by atoms with Crippen molar-refractivity contribution in [2.24, 2.45) is 23.7 Å². The maximum Gasteiger partial charge on any atom is 0.0538 e. The molecule has 4 aromatic rings. The SMILES string of the molecule is CC1=C[C@H](C)CC(N(C2=C(C)C=CCC2C)c2cc3c4c(cc5c6c(ccc2c46)C2C(=C2C(C)C)C=5N(c2c(C)cccc2C)C2C=C(C)CC(C)C2)C(C)(C)CC3)=C1. The van der Waals surface area contributed by atoms with E-state index in [1.165, 1.54) is 89.7 Å². The lowest BCUT2D eigenvalue weighted by atomic mass is 9.69. The number of rotatable bonds is 7. The summed E-state index contributed by atoms with van der Waals surface area (Å²) in [5.41, 5.74) is 22.2. The molecule has 2 nitrogen and oxygen atoms in total. The van der Waals surface area contributed by atoms with E-state index < -0.39 is 0 Å². The van der Waals surface area contributed by atoms with Crippen LogP contribution in [0.25, 0.3) is 27.2 Å². The van der Waals surface area contributed by atoms with Crippen molar-refractivity contribution in [1.82, 2.24) is 0 Å². The molecule has 0 aliphatic heterocycles. The Kier molecular flexibility index (Phi) is 8.99. The van der Waals surface area contributed by atoms with Crippen LogP contribution in [-0.4, -0.2) is 6.04 Å². The topological polar surface area (TPSA) is 6.48 Å². The van der Waals surface area contributed by atoms with Crippen LogP contribution >= 0.6 is 0 Å². The van der Waals surface area contributed by atoms with Gasteiger partial charge in [0.1, 0.15) is 0 Å². The second-order valence-electron chi connectivity index (χ2n) is 20.9. The fourth-order valence-corrected chi connectivity index (χ4v) is 12.8. The van der Waals surface area contributed by atoms with E-state index in [4.69, 9.17) is 0 Å². The van der Waals surface area contributed by atoms with Crippen molar-refractivity contribution in [2.75, 3.05) is 9.80 Å². The summed E-state index contributed by atoms with van der Waals surface area (Å²) in [7, 11) is 0. The van der Waals surface area contributed by atoms with Gasteiger partial charge in [-0.3, -0.25) is 0 Å². The Morgan fingerprint density at radius 1 is 0.847 bits per heavy atom. The van der Waals surface area contributed by atoms with Crippen LogP contribution in [0.2, 0.25) is 0 Å². The summed E-state index contributed by atoms with van der Waals surface area (Å²) in [4.78, 5) is 5.64. The minimum absolute atomic E-state index is 0.0624. The molecule has 4 aromatic carbocycles. The standard InChI is InChI=1S/C57H66N2/c1-31(2)48-52-44-20-19-43-47(58(41-25-32(3)23-33(4)26-41)54-36(7)15-13-16-37(54)8)29-40-21-22-57(11,12)46-30-45(50(44)51(43)49(40)46)56(53(48)52)59(42-27-34(5)24-35(6)28-42)55-38(9)17-14-18-39(55)10/h13-15,17-20,23,25,27,29-31,33,35,37,42,52H,16,21-22,24,26,28H2,1-12H3/t33-,35?,37?,42?,52?/m0/s1. The van der Waals surface area contributed by atoms with Crippen LogP contribution in [0, 0.1) is 37.5 Å². The lowest BCUT2D eigenvalue weighted by Crippen LogP contribution is -2.40.